The van der Waals surface area contributed by atoms with Gasteiger partial charge in [0, 0.05) is 17.0 Å². The fraction of sp³-hybridized carbons (Fsp3) is 0.167. The van der Waals surface area contributed by atoms with E-state index in [1.54, 1.807) is 25.1 Å². The molecule has 26 heavy (non-hydrogen) atoms. The van der Waals surface area contributed by atoms with Gasteiger partial charge in [-0.15, -0.1) is 0 Å². The molecule has 3 aromatic rings. The molecule has 4 rings (SSSR count). The molecule has 0 saturated heterocycles. The first-order valence-electron chi connectivity index (χ1n) is 7.72. The van der Waals surface area contributed by atoms with Crippen LogP contribution in [0.3, 0.4) is 0 Å². The number of hydrogen-bond donors (Lipinski definition) is 0. The second-order valence-corrected chi connectivity index (χ2v) is 6.56. The Balaban J connectivity index is 1.81. The van der Waals surface area contributed by atoms with Gasteiger partial charge >= 0.3 is 5.97 Å². The van der Waals surface area contributed by atoms with Crippen molar-refractivity contribution in [1.29, 1.82) is 0 Å². The smallest absolute Gasteiger partial charge is 0.343 e. The van der Waals surface area contributed by atoms with E-state index in [-0.39, 0.29) is 33.5 Å². The van der Waals surface area contributed by atoms with Crippen molar-refractivity contribution < 1.29 is 18.3 Å². The predicted octanol–water partition coefficient (Wildman–Crippen LogP) is 4.95. The van der Waals surface area contributed by atoms with Crippen LogP contribution in [0.15, 0.2) is 34.7 Å². The number of benzene rings is 1. The molecule has 3 heterocycles. The standard InChI is InChI=1S/C18H11Cl2FN2O3/c1-8-5-6-12(25-8)15-14-16(23-18(20)22-15)13(26-17(14)24)7-9-10(19)3-2-4-11(9)21/h2-6,13H,7H2,1H3. The number of hydrogen-bond acceptors (Lipinski definition) is 5. The molecule has 132 valence electrons. The van der Waals surface area contributed by atoms with Gasteiger partial charge in [0.2, 0.25) is 5.28 Å². The monoisotopic (exact) mass is 392 g/mol. The molecule has 0 radical (unpaired) electrons. The SMILES string of the molecule is Cc1ccc(-c2nc(Cl)nc3c2C(=O)OC3Cc2c(F)cccc2Cl)o1. The molecule has 0 amide bonds. The van der Waals surface area contributed by atoms with Gasteiger partial charge < -0.3 is 9.15 Å². The topological polar surface area (TPSA) is 65.2 Å². The highest BCUT2D eigenvalue weighted by atomic mass is 35.5. The van der Waals surface area contributed by atoms with Crippen LogP contribution < -0.4 is 0 Å². The van der Waals surface area contributed by atoms with E-state index in [0.29, 0.717) is 17.2 Å². The van der Waals surface area contributed by atoms with Gasteiger partial charge in [-0.2, -0.15) is 0 Å². The Morgan fingerprint density at radius 3 is 2.69 bits per heavy atom. The molecule has 0 saturated carbocycles. The number of furan rings is 1. The maximum atomic E-state index is 14.1. The van der Waals surface area contributed by atoms with Crippen LogP contribution in [0.5, 0.6) is 0 Å². The van der Waals surface area contributed by atoms with Crippen molar-refractivity contribution >= 4 is 29.2 Å². The third-order valence-corrected chi connectivity index (χ3v) is 4.62. The fourth-order valence-electron chi connectivity index (χ4n) is 2.92. The summed E-state index contributed by atoms with van der Waals surface area (Å²) in [5.41, 5.74) is 0.949. The zero-order valence-corrected chi connectivity index (χ0v) is 14.9. The third kappa shape index (κ3) is 2.85. The quantitative estimate of drug-likeness (QED) is 0.466. The van der Waals surface area contributed by atoms with E-state index in [4.69, 9.17) is 32.4 Å². The molecule has 2 aromatic heterocycles. The highest BCUT2D eigenvalue weighted by Crippen LogP contribution is 2.39. The van der Waals surface area contributed by atoms with Crippen LogP contribution in [0.25, 0.3) is 11.5 Å². The first kappa shape index (κ1) is 17.0. The summed E-state index contributed by atoms with van der Waals surface area (Å²) in [6.45, 7) is 1.77. The lowest BCUT2D eigenvalue weighted by Gasteiger charge is -2.12. The maximum absolute atomic E-state index is 14.1. The van der Waals surface area contributed by atoms with E-state index >= 15 is 0 Å². The van der Waals surface area contributed by atoms with Crippen LogP contribution in [0.1, 0.15) is 33.5 Å². The average Bonchev–Trinajstić information content (AvgIpc) is 3.14. The van der Waals surface area contributed by atoms with Crippen LogP contribution in [0, 0.1) is 12.7 Å². The number of rotatable bonds is 3. The van der Waals surface area contributed by atoms with Gasteiger partial charge in [0.05, 0.1) is 0 Å². The number of cyclic esters (lactones) is 1. The molecule has 1 aliphatic heterocycles. The number of aromatic nitrogens is 2. The summed E-state index contributed by atoms with van der Waals surface area (Å²) in [5, 5.41) is 0.187. The summed E-state index contributed by atoms with van der Waals surface area (Å²) in [7, 11) is 0. The van der Waals surface area contributed by atoms with Crippen LogP contribution >= 0.6 is 23.2 Å². The first-order valence-corrected chi connectivity index (χ1v) is 8.47. The molecule has 5 nitrogen and oxygen atoms in total. The number of esters is 1. The molecule has 0 aliphatic carbocycles. The van der Waals surface area contributed by atoms with Crippen LogP contribution in [-0.2, 0) is 11.2 Å². The number of nitrogens with zero attached hydrogens (tertiary/aromatic N) is 2. The van der Waals surface area contributed by atoms with Crippen molar-refractivity contribution in [2.45, 2.75) is 19.4 Å². The average molecular weight is 393 g/mol. The van der Waals surface area contributed by atoms with Gasteiger partial charge in [-0.3, -0.25) is 0 Å². The number of carbonyl (C=O) groups is 1. The number of ether oxygens (including phenoxy) is 1. The van der Waals surface area contributed by atoms with Crippen molar-refractivity contribution in [3.8, 4) is 11.5 Å². The van der Waals surface area contributed by atoms with Gasteiger partial charge in [-0.1, -0.05) is 17.7 Å². The Morgan fingerprint density at radius 1 is 1.19 bits per heavy atom. The van der Waals surface area contributed by atoms with Gasteiger partial charge in [0.1, 0.15) is 34.6 Å². The fourth-order valence-corrected chi connectivity index (χ4v) is 3.33. The van der Waals surface area contributed by atoms with E-state index < -0.39 is 17.9 Å². The summed E-state index contributed by atoms with van der Waals surface area (Å²) in [6, 6.07) is 7.80. The van der Waals surface area contributed by atoms with E-state index in [0.717, 1.165) is 0 Å². The molecule has 0 N–H and O–H groups in total. The molecule has 0 spiro atoms. The number of aryl methyl sites for hydroxylation is 1. The van der Waals surface area contributed by atoms with Crippen LogP contribution in [0.4, 0.5) is 4.39 Å². The van der Waals surface area contributed by atoms with Gasteiger partial charge in [0.25, 0.3) is 0 Å². The summed E-state index contributed by atoms with van der Waals surface area (Å²) in [6.07, 6.45) is -0.781. The first-order chi connectivity index (χ1) is 12.4. The van der Waals surface area contributed by atoms with Crippen molar-refractivity contribution in [2.75, 3.05) is 0 Å². The normalized spacial score (nSPS) is 15.8. The molecule has 1 atom stereocenters. The van der Waals surface area contributed by atoms with Crippen molar-refractivity contribution in [1.82, 2.24) is 9.97 Å². The zero-order chi connectivity index (χ0) is 18.4. The molecule has 0 bridgehead atoms. The Labute approximate surface area is 157 Å². The lowest BCUT2D eigenvalue weighted by atomic mass is 10.0. The van der Waals surface area contributed by atoms with Crippen LogP contribution in [0.2, 0.25) is 10.3 Å². The lowest BCUT2D eigenvalue weighted by Crippen LogP contribution is -2.06. The minimum atomic E-state index is -0.817. The molecular formula is C18H11Cl2FN2O3. The van der Waals surface area contributed by atoms with Crippen molar-refractivity contribution in [3.63, 3.8) is 0 Å². The molecule has 1 aromatic carbocycles. The second kappa shape index (κ2) is 6.37. The summed E-state index contributed by atoms with van der Waals surface area (Å²) in [4.78, 5) is 20.7. The predicted molar refractivity (Wildman–Crippen MR) is 92.8 cm³/mol. The highest BCUT2D eigenvalue weighted by molar-refractivity contribution is 6.31. The minimum Gasteiger partial charge on any atom is -0.460 e. The maximum Gasteiger partial charge on any atom is 0.343 e. The molecule has 8 heteroatoms. The summed E-state index contributed by atoms with van der Waals surface area (Å²) < 4.78 is 25.1. The zero-order valence-electron chi connectivity index (χ0n) is 13.4. The Morgan fingerprint density at radius 2 is 2.00 bits per heavy atom. The molecule has 0 fully saturated rings. The van der Waals surface area contributed by atoms with Crippen molar-refractivity contribution in [2.24, 2.45) is 0 Å². The van der Waals surface area contributed by atoms with Gasteiger partial charge in [-0.25, -0.2) is 19.2 Å². The highest BCUT2D eigenvalue weighted by Gasteiger charge is 2.38. The van der Waals surface area contributed by atoms with E-state index in [2.05, 4.69) is 9.97 Å². The van der Waals surface area contributed by atoms with Gasteiger partial charge in [-0.05, 0) is 42.8 Å². The van der Waals surface area contributed by atoms with E-state index in [1.807, 2.05) is 0 Å². The number of halogens is 3. The van der Waals surface area contributed by atoms with E-state index in [9.17, 15) is 9.18 Å². The van der Waals surface area contributed by atoms with E-state index in [1.165, 1.54) is 12.1 Å². The van der Waals surface area contributed by atoms with Crippen LogP contribution in [-0.4, -0.2) is 15.9 Å². The van der Waals surface area contributed by atoms with Gasteiger partial charge in [0.15, 0.2) is 5.76 Å². The Kier molecular flexibility index (Phi) is 4.17. The Bertz CT molecular complexity index is 1020. The largest absolute Gasteiger partial charge is 0.460 e. The summed E-state index contributed by atoms with van der Waals surface area (Å²) in [5.74, 6) is -0.0590. The number of carbonyl (C=O) groups excluding carboxylic acids is 1. The molecular weight excluding hydrogens is 382 g/mol. The second-order valence-electron chi connectivity index (χ2n) is 5.81. The minimum absolute atomic E-state index is 0.0359. The third-order valence-electron chi connectivity index (χ3n) is 4.09. The number of fused-ring (bicyclic) bond motifs is 1. The lowest BCUT2D eigenvalue weighted by molar-refractivity contribution is 0.0381. The summed E-state index contributed by atoms with van der Waals surface area (Å²) >= 11 is 12.1. The molecule has 1 aliphatic rings. The Hall–Kier alpha value is -2.44. The van der Waals surface area contributed by atoms with Crippen molar-refractivity contribution in [3.05, 3.63) is 69.0 Å². The molecule has 1 unspecified atom stereocenters.